The van der Waals surface area contributed by atoms with Gasteiger partial charge in [-0.05, 0) is 24.6 Å². The molecule has 2 rings (SSSR count). The molecule has 0 spiro atoms. The van der Waals surface area contributed by atoms with Crippen LogP contribution in [0, 0.1) is 5.82 Å². The van der Waals surface area contributed by atoms with E-state index in [2.05, 4.69) is 22.4 Å². The summed E-state index contributed by atoms with van der Waals surface area (Å²) in [7, 11) is 0. The zero-order chi connectivity index (χ0) is 12.8. The minimum absolute atomic E-state index is 0.0135. The van der Waals surface area contributed by atoms with Crippen LogP contribution in [0.4, 0.5) is 4.39 Å². The van der Waals surface area contributed by atoms with Crippen molar-refractivity contribution in [2.45, 2.75) is 19.4 Å². The first-order valence-corrected chi connectivity index (χ1v) is 6.18. The molecule has 1 aromatic carbocycles. The zero-order valence-electron chi connectivity index (χ0n) is 10.4. The second-order valence-electron chi connectivity index (χ2n) is 4.20. The topological polar surface area (TPSA) is 24.9 Å². The van der Waals surface area contributed by atoms with E-state index in [-0.39, 0.29) is 11.9 Å². The van der Waals surface area contributed by atoms with E-state index in [4.69, 9.17) is 0 Å². The molecule has 1 atom stereocenters. The summed E-state index contributed by atoms with van der Waals surface area (Å²) in [5.74, 6) is -0.251. The lowest BCUT2D eigenvalue weighted by atomic mass is 9.99. The quantitative estimate of drug-likeness (QED) is 0.874. The van der Waals surface area contributed by atoms with Gasteiger partial charge in [0, 0.05) is 17.8 Å². The molecule has 2 aromatic rings. The van der Waals surface area contributed by atoms with E-state index in [1.807, 2.05) is 25.1 Å². The number of halogens is 1. The largest absolute Gasteiger partial charge is 0.310 e. The minimum Gasteiger partial charge on any atom is -0.310 e. The van der Waals surface area contributed by atoms with Crippen LogP contribution in [0.15, 0.2) is 48.8 Å². The summed E-state index contributed by atoms with van der Waals surface area (Å²) in [5, 5.41) is 3.32. The highest BCUT2D eigenvalue weighted by molar-refractivity contribution is 5.23. The number of benzene rings is 1. The molecule has 1 aromatic heterocycles. The van der Waals surface area contributed by atoms with Gasteiger partial charge in [-0.3, -0.25) is 4.98 Å². The molecular weight excluding hydrogens is 227 g/mol. The van der Waals surface area contributed by atoms with Gasteiger partial charge in [-0.15, -0.1) is 0 Å². The van der Waals surface area contributed by atoms with Gasteiger partial charge in [0.05, 0.1) is 6.20 Å². The molecule has 1 N–H and O–H groups in total. The monoisotopic (exact) mass is 244 g/mol. The van der Waals surface area contributed by atoms with E-state index in [0.717, 1.165) is 13.0 Å². The van der Waals surface area contributed by atoms with Crippen molar-refractivity contribution in [2.75, 3.05) is 6.54 Å². The Morgan fingerprint density at radius 1 is 1.22 bits per heavy atom. The molecule has 1 unspecified atom stereocenters. The molecule has 0 amide bonds. The molecule has 0 aliphatic carbocycles. The Kier molecular flexibility index (Phi) is 4.42. The van der Waals surface area contributed by atoms with Gasteiger partial charge in [-0.25, -0.2) is 4.39 Å². The van der Waals surface area contributed by atoms with Crippen molar-refractivity contribution in [3.63, 3.8) is 0 Å². The molecule has 2 nitrogen and oxygen atoms in total. The molecule has 3 heteroatoms. The predicted molar refractivity (Wildman–Crippen MR) is 70.8 cm³/mol. The number of likely N-dealkylation sites (N-methyl/N-ethyl adjacent to an activating group) is 1. The van der Waals surface area contributed by atoms with E-state index in [1.165, 1.54) is 11.8 Å². The molecule has 0 radical (unpaired) electrons. The van der Waals surface area contributed by atoms with E-state index >= 15 is 0 Å². The molecule has 0 aliphatic rings. The zero-order valence-corrected chi connectivity index (χ0v) is 10.4. The number of nitrogens with zero attached hydrogens (tertiary/aromatic N) is 1. The van der Waals surface area contributed by atoms with Crippen molar-refractivity contribution in [1.82, 2.24) is 10.3 Å². The lowest BCUT2D eigenvalue weighted by Crippen LogP contribution is -2.24. The van der Waals surface area contributed by atoms with Gasteiger partial charge in [-0.1, -0.05) is 37.3 Å². The molecule has 1 heterocycles. The van der Waals surface area contributed by atoms with Gasteiger partial charge in [0.2, 0.25) is 0 Å². The highest BCUT2D eigenvalue weighted by Crippen LogP contribution is 2.20. The van der Waals surface area contributed by atoms with Crippen LogP contribution in [0.5, 0.6) is 0 Å². The van der Waals surface area contributed by atoms with Crippen molar-refractivity contribution in [3.05, 3.63) is 65.7 Å². The van der Waals surface area contributed by atoms with E-state index in [9.17, 15) is 4.39 Å². The van der Waals surface area contributed by atoms with Crippen LogP contribution < -0.4 is 5.32 Å². The maximum absolute atomic E-state index is 13.8. The highest BCUT2D eigenvalue weighted by Gasteiger charge is 2.14. The van der Waals surface area contributed by atoms with E-state index in [1.54, 1.807) is 12.3 Å². The third-order valence-corrected chi connectivity index (χ3v) is 2.91. The maximum atomic E-state index is 13.8. The van der Waals surface area contributed by atoms with E-state index < -0.39 is 0 Å². The Bertz CT molecular complexity index is 485. The van der Waals surface area contributed by atoms with Gasteiger partial charge < -0.3 is 5.32 Å². The van der Waals surface area contributed by atoms with Crippen molar-refractivity contribution in [1.29, 1.82) is 0 Å². The predicted octanol–water partition coefficient (Wildman–Crippen LogP) is 3.11. The van der Waals surface area contributed by atoms with Crippen LogP contribution >= 0.6 is 0 Å². The average Bonchev–Trinajstić information content (AvgIpc) is 2.40. The number of hydrogen-bond acceptors (Lipinski definition) is 2. The molecule has 0 saturated heterocycles. The standard InChI is InChI=1S/C15H17FN2/c1-2-18-15(10-12-6-4-3-5-7-12)13-8-9-17-11-14(13)16/h3-9,11,15,18H,2,10H2,1H3. The van der Waals surface area contributed by atoms with Crippen molar-refractivity contribution < 1.29 is 4.39 Å². The first-order valence-electron chi connectivity index (χ1n) is 6.18. The first-order chi connectivity index (χ1) is 8.81. The van der Waals surface area contributed by atoms with Crippen LogP contribution in [0.2, 0.25) is 0 Å². The lowest BCUT2D eigenvalue weighted by molar-refractivity contribution is 0.507. The number of hydrogen-bond donors (Lipinski definition) is 1. The summed E-state index contributed by atoms with van der Waals surface area (Å²) < 4.78 is 13.8. The van der Waals surface area contributed by atoms with Crippen LogP contribution in [-0.4, -0.2) is 11.5 Å². The summed E-state index contributed by atoms with van der Waals surface area (Å²) in [6.07, 6.45) is 3.67. The van der Waals surface area contributed by atoms with Crippen molar-refractivity contribution in [3.8, 4) is 0 Å². The number of pyridine rings is 1. The van der Waals surface area contributed by atoms with Crippen LogP contribution in [0.1, 0.15) is 24.1 Å². The fourth-order valence-corrected chi connectivity index (χ4v) is 2.06. The van der Waals surface area contributed by atoms with Crippen LogP contribution in [0.25, 0.3) is 0 Å². The Labute approximate surface area is 107 Å². The summed E-state index contributed by atoms with van der Waals surface area (Å²) >= 11 is 0. The van der Waals surface area contributed by atoms with Gasteiger partial charge >= 0.3 is 0 Å². The Morgan fingerprint density at radius 3 is 2.67 bits per heavy atom. The van der Waals surface area contributed by atoms with Crippen LogP contribution in [-0.2, 0) is 6.42 Å². The smallest absolute Gasteiger partial charge is 0.146 e. The molecule has 0 aliphatic heterocycles. The highest BCUT2D eigenvalue weighted by atomic mass is 19.1. The second-order valence-corrected chi connectivity index (χ2v) is 4.20. The average molecular weight is 244 g/mol. The molecule has 0 bridgehead atoms. The molecule has 0 fully saturated rings. The Morgan fingerprint density at radius 2 is 2.00 bits per heavy atom. The van der Waals surface area contributed by atoms with Crippen molar-refractivity contribution >= 4 is 0 Å². The fraction of sp³-hybridized carbons (Fsp3) is 0.267. The summed E-state index contributed by atoms with van der Waals surface area (Å²) in [5.41, 5.74) is 1.87. The first kappa shape index (κ1) is 12.7. The van der Waals surface area contributed by atoms with Gasteiger partial charge in [0.25, 0.3) is 0 Å². The van der Waals surface area contributed by atoms with Gasteiger partial charge in [0.1, 0.15) is 5.82 Å². The number of nitrogens with one attached hydrogen (secondary N) is 1. The van der Waals surface area contributed by atoms with Gasteiger partial charge in [-0.2, -0.15) is 0 Å². The molecular formula is C15H17FN2. The lowest BCUT2D eigenvalue weighted by Gasteiger charge is -2.18. The SMILES string of the molecule is CCNC(Cc1ccccc1)c1ccncc1F. The van der Waals surface area contributed by atoms with E-state index in [0.29, 0.717) is 5.56 Å². The summed E-state index contributed by atoms with van der Waals surface area (Å²) in [4.78, 5) is 3.79. The minimum atomic E-state index is -0.251. The number of aromatic nitrogens is 1. The maximum Gasteiger partial charge on any atom is 0.146 e. The van der Waals surface area contributed by atoms with Crippen LogP contribution in [0.3, 0.4) is 0 Å². The van der Waals surface area contributed by atoms with Gasteiger partial charge in [0.15, 0.2) is 0 Å². The molecule has 18 heavy (non-hydrogen) atoms. The fourth-order valence-electron chi connectivity index (χ4n) is 2.06. The van der Waals surface area contributed by atoms with Crippen molar-refractivity contribution in [2.24, 2.45) is 0 Å². The molecule has 0 saturated carbocycles. The molecule has 94 valence electrons. The Balaban J connectivity index is 2.21. The second kappa shape index (κ2) is 6.26. The summed E-state index contributed by atoms with van der Waals surface area (Å²) in [6, 6.07) is 11.8. The summed E-state index contributed by atoms with van der Waals surface area (Å²) in [6.45, 7) is 2.83. The third-order valence-electron chi connectivity index (χ3n) is 2.91. The Hall–Kier alpha value is -1.74. The number of rotatable bonds is 5. The third kappa shape index (κ3) is 3.14. The normalized spacial score (nSPS) is 12.3.